The van der Waals surface area contributed by atoms with Gasteiger partial charge in [0, 0.05) is 19.7 Å². The molecule has 0 aromatic carbocycles. The Morgan fingerprint density at radius 1 is 0.969 bits per heavy atom. The second kappa shape index (κ2) is 11.8. The highest BCUT2D eigenvalue weighted by molar-refractivity contribution is 5.90. The minimum absolute atomic E-state index is 0.0996. The first-order chi connectivity index (χ1) is 15.3. The molecule has 1 spiro atoms. The average Bonchev–Trinajstić information content (AvgIpc) is 3.20. The van der Waals surface area contributed by atoms with Crippen LogP contribution in [0.2, 0.25) is 0 Å². The third kappa shape index (κ3) is 6.69. The number of amides is 2. The van der Waals surface area contributed by atoms with Crippen molar-refractivity contribution in [3.63, 3.8) is 0 Å². The highest BCUT2D eigenvalue weighted by Crippen LogP contribution is 2.38. The number of carbonyl (C=O) groups is 2. The Bertz CT molecular complexity index is 613. The lowest BCUT2D eigenvalue weighted by Crippen LogP contribution is -2.56. The van der Waals surface area contributed by atoms with Gasteiger partial charge in [0.2, 0.25) is 11.8 Å². The van der Waals surface area contributed by atoms with Gasteiger partial charge in [0.1, 0.15) is 6.04 Å². The summed E-state index contributed by atoms with van der Waals surface area (Å²) in [6, 6.07) is -0.262. The molecule has 0 aromatic heterocycles. The van der Waals surface area contributed by atoms with Crippen molar-refractivity contribution in [2.75, 3.05) is 39.4 Å². The van der Waals surface area contributed by atoms with Gasteiger partial charge in [0.15, 0.2) is 0 Å². The average molecular weight is 450 g/mol. The lowest BCUT2D eigenvalue weighted by atomic mass is 9.73. The second-order valence-corrected chi connectivity index (χ2v) is 11.3. The molecule has 0 aromatic rings. The van der Waals surface area contributed by atoms with E-state index in [-0.39, 0.29) is 23.3 Å². The maximum Gasteiger partial charge on any atom is 0.245 e. The second-order valence-electron chi connectivity index (χ2n) is 11.3. The van der Waals surface area contributed by atoms with Gasteiger partial charge in [-0.25, -0.2) is 0 Å². The molecule has 6 heteroatoms. The number of carbonyl (C=O) groups excluding carboxylic acids is 2. The molecule has 184 valence electrons. The molecular weight excluding hydrogens is 402 g/mol. The number of likely N-dealkylation sites (tertiary alicyclic amines) is 1. The van der Waals surface area contributed by atoms with E-state index >= 15 is 0 Å². The van der Waals surface area contributed by atoms with Crippen LogP contribution in [0, 0.1) is 17.3 Å². The van der Waals surface area contributed by atoms with E-state index in [0.717, 1.165) is 84.2 Å². The summed E-state index contributed by atoms with van der Waals surface area (Å²) in [6.45, 7) is 14.0. The molecule has 6 nitrogen and oxygen atoms in total. The van der Waals surface area contributed by atoms with E-state index in [9.17, 15) is 9.59 Å². The maximum atomic E-state index is 13.8. The van der Waals surface area contributed by atoms with Crippen LogP contribution in [-0.2, 0) is 14.3 Å². The molecule has 3 aliphatic heterocycles. The van der Waals surface area contributed by atoms with Gasteiger partial charge in [-0.3, -0.25) is 9.59 Å². The number of piperidine rings is 1. The summed E-state index contributed by atoms with van der Waals surface area (Å²) >= 11 is 0. The quantitative estimate of drug-likeness (QED) is 0.708. The molecule has 0 aliphatic carbocycles. The van der Waals surface area contributed by atoms with Crippen molar-refractivity contribution in [2.45, 2.75) is 97.6 Å². The summed E-state index contributed by atoms with van der Waals surface area (Å²) in [5.74, 6) is 1.22. The van der Waals surface area contributed by atoms with Gasteiger partial charge in [-0.05, 0) is 69.9 Å². The minimum Gasteiger partial charge on any atom is -0.379 e. The molecule has 0 unspecified atom stereocenters. The SMILES string of the molecule is CC(C)C[C@@H]1NC(=O)C2(CCCCCOC[C@@H]3CCCN3C1=O)CCN(CC(C)C)CC2. The van der Waals surface area contributed by atoms with Crippen LogP contribution in [0.1, 0.15) is 85.5 Å². The highest BCUT2D eigenvalue weighted by Gasteiger charge is 2.43. The third-order valence-electron chi connectivity index (χ3n) is 7.64. The van der Waals surface area contributed by atoms with Gasteiger partial charge in [0.05, 0.1) is 18.1 Å². The van der Waals surface area contributed by atoms with E-state index in [1.807, 2.05) is 4.90 Å². The van der Waals surface area contributed by atoms with Crippen LogP contribution < -0.4 is 5.32 Å². The van der Waals surface area contributed by atoms with E-state index < -0.39 is 6.04 Å². The van der Waals surface area contributed by atoms with Gasteiger partial charge in [0.25, 0.3) is 0 Å². The summed E-state index contributed by atoms with van der Waals surface area (Å²) < 4.78 is 5.98. The molecule has 0 radical (unpaired) electrons. The number of rotatable bonds is 4. The first kappa shape index (κ1) is 25.5. The molecule has 2 atom stereocenters. The molecule has 0 saturated carbocycles. The lowest BCUT2D eigenvalue weighted by Gasteiger charge is -2.42. The van der Waals surface area contributed by atoms with E-state index in [1.165, 1.54) is 0 Å². The van der Waals surface area contributed by atoms with Crippen LogP contribution in [0.15, 0.2) is 0 Å². The van der Waals surface area contributed by atoms with Gasteiger partial charge >= 0.3 is 0 Å². The zero-order valence-electron chi connectivity index (χ0n) is 21.0. The van der Waals surface area contributed by atoms with E-state index in [4.69, 9.17) is 4.74 Å². The molecule has 3 rings (SSSR count). The number of hydrogen-bond acceptors (Lipinski definition) is 4. The first-order valence-corrected chi connectivity index (χ1v) is 13.2. The predicted octanol–water partition coefficient (Wildman–Crippen LogP) is 3.84. The van der Waals surface area contributed by atoms with Crippen molar-refractivity contribution in [3.05, 3.63) is 0 Å². The van der Waals surface area contributed by atoms with Crippen molar-refractivity contribution >= 4 is 11.8 Å². The van der Waals surface area contributed by atoms with E-state index in [2.05, 4.69) is 37.9 Å². The zero-order chi connectivity index (χ0) is 23.1. The Morgan fingerprint density at radius 2 is 1.72 bits per heavy atom. The van der Waals surface area contributed by atoms with Crippen molar-refractivity contribution in [2.24, 2.45) is 17.3 Å². The Kier molecular flexibility index (Phi) is 9.42. The van der Waals surface area contributed by atoms with Crippen LogP contribution in [0.5, 0.6) is 0 Å². The highest BCUT2D eigenvalue weighted by atomic mass is 16.5. The summed E-state index contributed by atoms with van der Waals surface area (Å²) in [4.78, 5) is 31.9. The summed E-state index contributed by atoms with van der Waals surface area (Å²) in [5, 5.41) is 3.29. The van der Waals surface area contributed by atoms with Crippen molar-refractivity contribution in [1.82, 2.24) is 15.1 Å². The molecule has 32 heavy (non-hydrogen) atoms. The molecule has 3 saturated heterocycles. The topological polar surface area (TPSA) is 61.9 Å². The summed E-state index contributed by atoms with van der Waals surface area (Å²) in [6.07, 6.45) is 8.64. The largest absolute Gasteiger partial charge is 0.379 e. The standard InChI is InChI=1S/C26H47N3O3/c1-20(2)17-23-24(30)29-13-8-9-22(29)19-32-16-7-5-6-10-26(25(31)27-23)11-14-28(15-12-26)18-21(3)4/h20-23H,5-19H2,1-4H3,(H,27,31)/t22-,23-/m0/s1. The fourth-order valence-electron chi connectivity index (χ4n) is 5.84. The van der Waals surface area contributed by atoms with Crippen molar-refractivity contribution in [3.8, 4) is 0 Å². The molecule has 0 bridgehead atoms. The zero-order valence-corrected chi connectivity index (χ0v) is 21.0. The maximum absolute atomic E-state index is 13.8. The molecule has 3 heterocycles. The smallest absolute Gasteiger partial charge is 0.245 e. The monoisotopic (exact) mass is 449 g/mol. The fraction of sp³-hybridized carbons (Fsp3) is 0.923. The molecule has 2 amide bonds. The minimum atomic E-state index is -0.420. The van der Waals surface area contributed by atoms with Gasteiger partial charge in [-0.1, -0.05) is 40.5 Å². The third-order valence-corrected chi connectivity index (χ3v) is 7.64. The number of fused-ring (bicyclic) bond motifs is 1. The van der Waals surface area contributed by atoms with Crippen LogP contribution in [0.4, 0.5) is 0 Å². The Hall–Kier alpha value is -1.14. The van der Waals surface area contributed by atoms with Gasteiger partial charge in [-0.15, -0.1) is 0 Å². The molecule has 3 fully saturated rings. The number of ether oxygens (including phenoxy) is 1. The molecule has 1 N–H and O–H groups in total. The van der Waals surface area contributed by atoms with Crippen LogP contribution in [0.25, 0.3) is 0 Å². The fourth-order valence-corrected chi connectivity index (χ4v) is 5.84. The lowest BCUT2D eigenvalue weighted by molar-refractivity contribution is -0.143. The normalized spacial score (nSPS) is 28.8. The summed E-state index contributed by atoms with van der Waals surface area (Å²) in [7, 11) is 0. The van der Waals surface area contributed by atoms with Crippen molar-refractivity contribution < 1.29 is 14.3 Å². The Labute approximate surface area is 195 Å². The number of nitrogens with one attached hydrogen (secondary N) is 1. The molecular formula is C26H47N3O3. The van der Waals surface area contributed by atoms with Crippen LogP contribution >= 0.6 is 0 Å². The van der Waals surface area contributed by atoms with E-state index in [0.29, 0.717) is 24.9 Å². The number of nitrogens with zero attached hydrogens (tertiary/aromatic N) is 2. The Balaban J connectivity index is 1.78. The van der Waals surface area contributed by atoms with Gasteiger partial charge in [-0.2, -0.15) is 0 Å². The summed E-state index contributed by atoms with van der Waals surface area (Å²) in [5.41, 5.74) is -0.335. The van der Waals surface area contributed by atoms with Gasteiger partial charge < -0.3 is 19.9 Å². The molecule has 3 aliphatic rings. The number of hydrogen-bond donors (Lipinski definition) is 1. The predicted molar refractivity (Wildman–Crippen MR) is 128 cm³/mol. The van der Waals surface area contributed by atoms with Crippen LogP contribution in [0.3, 0.4) is 0 Å². The van der Waals surface area contributed by atoms with E-state index in [1.54, 1.807) is 0 Å². The Morgan fingerprint density at radius 3 is 2.41 bits per heavy atom. The van der Waals surface area contributed by atoms with Crippen LogP contribution in [-0.4, -0.2) is 73.1 Å². The first-order valence-electron chi connectivity index (χ1n) is 13.2. The van der Waals surface area contributed by atoms with Crippen molar-refractivity contribution in [1.29, 1.82) is 0 Å².